The van der Waals surface area contributed by atoms with Crippen LogP contribution in [-0.4, -0.2) is 24.4 Å². The Kier molecular flexibility index (Phi) is 3.14. The molecule has 1 aromatic rings. The molecule has 1 rings (SSSR count). The van der Waals surface area contributed by atoms with Crippen molar-refractivity contribution >= 4 is 0 Å². The fourth-order valence-corrected chi connectivity index (χ4v) is 1.17. The fraction of sp³-hybridized carbons (Fsp3) is 0.333. The lowest BCUT2D eigenvalue weighted by molar-refractivity contribution is 0.259. The minimum absolute atomic E-state index is 0.0882. The molecule has 0 aliphatic heterocycles. The first kappa shape index (κ1) is 10.6. The van der Waals surface area contributed by atoms with Gasteiger partial charge in [-0.2, -0.15) is 0 Å². The summed E-state index contributed by atoms with van der Waals surface area (Å²) in [5, 5.41) is 18.0. The first-order valence-electron chi connectivity index (χ1n) is 3.88. The van der Waals surface area contributed by atoms with Crippen molar-refractivity contribution in [2.45, 2.75) is 6.61 Å². The van der Waals surface area contributed by atoms with Gasteiger partial charge in [0.1, 0.15) is 0 Å². The number of aliphatic hydroxyl groups excluding tert-OH is 1. The van der Waals surface area contributed by atoms with E-state index in [0.717, 1.165) is 6.07 Å². The molecule has 0 atom stereocenters. The van der Waals surface area contributed by atoms with Crippen molar-refractivity contribution in [3.63, 3.8) is 0 Å². The Labute approximate surface area is 80.5 Å². The summed E-state index contributed by atoms with van der Waals surface area (Å²) in [5.74, 6) is -1.21. The van der Waals surface area contributed by atoms with Crippen LogP contribution in [0.2, 0.25) is 0 Å². The van der Waals surface area contributed by atoms with Crippen LogP contribution in [0.15, 0.2) is 6.07 Å². The van der Waals surface area contributed by atoms with E-state index in [1.165, 1.54) is 14.2 Å². The molecule has 0 spiro atoms. The molecule has 0 saturated carbocycles. The summed E-state index contributed by atoms with van der Waals surface area (Å²) in [4.78, 5) is 0. The number of ether oxygens (including phenoxy) is 2. The van der Waals surface area contributed by atoms with Crippen molar-refractivity contribution in [1.29, 1.82) is 0 Å². The largest absolute Gasteiger partial charge is 0.505 e. The molecule has 0 fully saturated rings. The highest BCUT2D eigenvalue weighted by atomic mass is 19.1. The maximum atomic E-state index is 13.2. The predicted octanol–water partition coefficient (Wildman–Crippen LogP) is 1.04. The van der Waals surface area contributed by atoms with Crippen molar-refractivity contribution in [1.82, 2.24) is 0 Å². The molecule has 0 saturated heterocycles. The van der Waals surface area contributed by atoms with Crippen molar-refractivity contribution in [3.05, 3.63) is 17.4 Å². The van der Waals surface area contributed by atoms with Crippen LogP contribution < -0.4 is 9.47 Å². The van der Waals surface area contributed by atoms with E-state index >= 15 is 0 Å². The molecule has 1 aromatic carbocycles. The quantitative estimate of drug-likeness (QED) is 0.768. The van der Waals surface area contributed by atoms with Crippen LogP contribution >= 0.6 is 0 Å². The van der Waals surface area contributed by atoms with Gasteiger partial charge in [-0.15, -0.1) is 0 Å². The lowest BCUT2D eigenvalue weighted by atomic mass is 10.1. The van der Waals surface area contributed by atoms with Crippen LogP contribution in [0.3, 0.4) is 0 Å². The minimum Gasteiger partial charge on any atom is -0.505 e. The Morgan fingerprint density at radius 2 is 2.00 bits per heavy atom. The lowest BCUT2D eigenvalue weighted by Crippen LogP contribution is -1.99. The van der Waals surface area contributed by atoms with Gasteiger partial charge in [-0.3, -0.25) is 0 Å². The zero-order chi connectivity index (χ0) is 10.7. The maximum absolute atomic E-state index is 13.2. The Morgan fingerprint density at radius 3 is 2.43 bits per heavy atom. The van der Waals surface area contributed by atoms with E-state index in [1.54, 1.807) is 0 Å². The molecule has 0 amide bonds. The Morgan fingerprint density at radius 1 is 1.36 bits per heavy atom. The van der Waals surface area contributed by atoms with Gasteiger partial charge in [-0.05, 0) is 0 Å². The summed E-state index contributed by atoms with van der Waals surface area (Å²) in [6.07, 6.45) is 0. The van der Waals surface area contributed by atoms with E-state index in [4.69, 9.17) is 19.7 Å². The normalized spacial score (nSPS) is 10.0. The summed E-state index contributed by atoms with van der Waals surface area (Å²) in [5.41, 5.74) is -0.121. The number of benzene rings is 1. The van der Waals surface area contributed by atoms with Gasteiger partial charge in [0.2, 0.25) is 0 Å². The molecule has 14 heavy (non-hydrogen) atoms. The van der Waals surface area contributed by atoms with Gasteiger partial charge < -0.3 is 19.7 Å². The van der Waals surface area contributed by atoms with Crippen LogP contribution in [0.5, 0.6) is 17.2 Å². The van der Waals surface area contributed by atoms with Crippen molar-refractivity contribution < 1.29 is 24.1 Å². The third kappa shape index (κ3) is 1.58. The second kappa shape index (κ2) is 4.15. The molecule has 0 unspecified atom stereocenters. The van der Waals surface area contributed by atoms with E-state index in [1.807, 2.05) is 0 Å². The Bertz CT molecular complexity index is 338. The third-order valence-electron chi connectivity index (χ3n) is 1.84. The number of aromatic hydroxyl groups is 1. The smallest absolute Gasteiger partial charge is 0.174 e. The summed E-state index contributed by atoms with van der Waals surface area (Å²) in [6.45, 7) is -0.570. The number of rotatable bonds is 3. The summed E-state index contributed by atoms with van der Waals surface area (Å²) >= 11 is 0. The highest BCUT2D eigenvalue weighted by Crippen LogP contribution is 2.37. The number of hydrogen-bond acceptors (Lipinski definition) is 4. The molecule has 2 N–H and O–H groups in total. The van der Waals surface area contributed by atoms with Gasteiger partial charge in [0.05, 0.1) is 26.4 Å². The number of hydrogen-bond donors (Lipinski definition) is 2. The molecular formula is C9H11FO4. The monoisotopic (exact) mass is 202 g/mol. The maximum Gasteiger partial charge on any atom is 0.174 e. The van der Waals surface area contributed by atoms with Crippen LogP contribution in [0.1, 0.15) is 5.56 Å². The van der Waals surface area contributed by atoms with Crippen LogP contribution in [0, 0.1) is 5.82 Å². The Hall–Kier alpha value is -1.49. The highest BCUT2D eigenvalue weighted by Gasteiger charge is 2.18. The van der Waals surface area contributed by atoms with E-state index in [9.17, 15) is 4.39 Å². The van der Waals surface area contributed by atoms with E-state index in [-0.39, 0.29) is 17.1 Å². The van der Waals surface area contributed by atoms with Gasteiger partial charge in [0, 0.05) is 6.07 Å². The van der Waals surface area contributed by atoms with Crippen LogP contribution in [0.4, 0.5) is 4.39 Å². The molecule has 0 aliphatic carbocycles. The van der Waals surface area contributed by atoms with Crippen LogP contribution in [0.25, 0.3) is 0 Å². The number of methoxy groups -OCH3 is 2. The molecule has 0 heterocycles. The number of phenols is 1. The molecule has 0 aromatic heterocycles. The topological polar surface area (TPSA) is 58.9 Å². The van der Waals surface area contributed by atoms with Crippen molar-refractivity contribution in [2.24, 2.45) is 0 Å². The molecule has 0 aliphatic rings. The zero-order valence-corrected chi connectivity index (χ0v) is 7.87. The van der Waals surface area contributed by atoms with Gasteiger partial charge >= 0.3 is 0 Å². The first-order chi connectivity index (χ1) is 6.65. The van der Waals surface area contributed by atoms with E-state index < -0.39 is 18.2 Å². The predicted molar refractivity (Wildman–Crippen MR) is 47.1 cm³/mol. The summed E-state index contributed by atoms with van der Waals surface area (Å²) in [6, 6.07) is 1.09. The van der Waals surface area contributed by atoms with Gasteiger partial charge in [0.15, 0.2) is 23.1 Å². The van der Waals surface area contributed by atoms with Gasteiger partial charge in [-0.25, -0.2) is 4.39 Å². The fourth-order valence-electron chi connectivity index (χ4n) is 1.17. The van der Waals surface area contributed by atoms with Crippen LogP contribution in [-0.2, 0) is 6.61 Å². The molecule has 4 nitrogen and oxygen atoms in total. The lowest BCUT2D eigenvalue weighted by Gasteiger charge is -2.12. The second-order valence-electron chi connectivity index (χ2n) is 2.58. The summed E-state index contributed by atoms with van der Waals surface area (Å²) < 4.78 is 22.9. The zero-order valence-electron chi connectivity index (χ0n) is 7.87. The van der Waals surface area contributed by atoms with Crippen molar-refractivity contribution in [3.8, 4) is 17.2 Å². The Balaban J connectivity index is 3.42. The first-order valence-corrected chi connectivity index (χ1v) is 3.88. The average molecular weight is 202 g/mol. The molecule has 78 valence electrons. The average Bonchev–Trinajstić information content (AvgIpc) is 2.20. The molecule has 5 heteroatoms. The van der Waals surface area contributed by atoms with Crippen molar-refractivity contribution in [2.75, 3.05) is 14.2 Å². The number of aliphatic hydroxyl groups is 1. The minimum atomic E-state index is -0.898. The SMILES string of the molecule is COc1cc(O)c(F)c(CO)c1OC. The van der Waals surface area contributed by atoms with E-state index in [2.05, 4.69) is 0 Å². The molecule has 0 radical (unpaired) electrons. The molecular weight excluding hydrogens is 191 g/mol. The van der Waals surface area contributed by atoms with E-state index in [0.29, 0.717) is 0 Å². The third-order valence-corrected chi connectivity index (χ3v) is 1.84. The number of halogens is 1. The second-order valence-corrected chi connectivity index (χ2v) is 2.58. The highest BCUT2D eigenvalue weighted by molar-refractivity contribution is 5.52. The van der Waals surface area contributed by atoms with Gasteiger partial charge in [-0.1, -0.05) is 0 Å². The standard InChI is InChI=1S/C9H11FO4/c1-13-7-3-6(12)8(10)5(4-11)9(7)14-2/h3,11-12H,4H2,1-2H3. The summed E-state index contributed by atoms with van der Waals surface area (Å²) in [7, 11) is 2.68. The molecule has 0 bridgehead atoms. The van der Waals surface area contributed by atoms with Gasteiger partial charge in [0.25, 0.3) is 0 Å². The number of phenolic OH excluding ortho intramolecular Hbond substituents is 1.